The maximum atomic E-state index is 13.3. The van der Waals surface area contributed by atoms with E-state index in [9.17, 15) is 18.0 Å². The molecular formula is C12H13ClF3NO2. The lowest BCUT2D eigenvalue weighted by Gasteiger charge is -2.10. The highest BCUT2D eigenvalue weighted by molar-refractivity contribution is 6.20. The third-order valence-corrected chi connectivity index (χ3v) is 2.67. The zero-order chi connectivity index (χ0) is 14.4. The number of methoxy groups -OCH3 is 1. The zero-order valence-electron chi connectivity index (χ0n) is 10.2. The van der Waals surface area contributed by atoms with Crippen molar-refractivity contribution in [3.05, 3.63) is 35.1 Å². The Morgan fingerprint density at radius 3 is 2.47 bits per heavy atom. The maximum Gasteiger partial charge on any atom is 0.257 e. The predicted molar refractivity (Wildman–Crippen MR) is 64.8 cm³/mol. The fraction of sp³-hybridized carbons (Fsp3) is 0.417. The minimum atomic E-state index is -1.24. The van der Waals surface area contributed by atoms with Crippen LogP contribution >= 0.6 is 11.6 Å². The van der Waals surface area contributed by atoms with Gasteiger partial charge in [-0.15, -0.1) is 11.6 Å². The summed E-state index contributed by atoms with van der Waals surface area (Å²) < 4.78 is 44.0. The van der Waals surface area contributed by atoms with Crippen molar-refractivity contribution >= 4 is 17.5 Å². The molecule has 0 spiro atoms. The van der Waals surface area contributed by atoms with Crippen molar-refractivity contribution < 1.29 is 22.7 Å². The molecule has 106 valence electrons. The van der Waals surface area contributed by atoms with Crippen molar-refractivity contribution in [3.8, 4) is 0 Å². The summed E-state index contributed by atoms with van der Waals surface area (Å²) in [5.74, 6) is -4.51. The van der Waals surface area contributed by atoms with Crippen LogP contribution in [0.2, 0.25) is 0 Å². The number of alkyl halides is 1. The van der Waals surface area contributed by atoms with E-state index in [2.05, 4.69) is 5.32 Å². The Morgan fingerprint density at radius 1 is 1.37 bits per heavy atom. The highest BCUT2D eigenvalue weighted by atomic mass is 35.5. The van der Waals surface area contributed by atoms with Crippen LogP contribution in [0.5, 0.6) is 0 Å². The number of nitrogens with one attached hydrogen (secondary N) is 1. The number of hydrogen-bond donors (Lipinski definition) is 1. The lowest BCUT2D eigenvalue weighted by Crippen LogP contribution is -2.28. The number of carbonyl (C=O) groups is 1. The van der Waals surface area contributed by atoms with E-state index in [1.807, 2.05) is 0 Å². The fourth-order valence-corrected chi connectivity index (χ4v) is 1.69. The van der Waals surface area contributed by atoms with Gasteiger partial charge in [0, 0.05) is 25.8 Å². The second kappa shape index (κ2) is 7.35. The van der Waals surface area contributed by atoms with Gasteiger partial charge >= 0.3 is 0 Å². The molecule has 0 aliphatic rings. The van der Waals surface area contributed by atoms with Gasteiger partial charge in [0.1, 0.15) is 23.0 Å². The van der Waals surface area contributed by atoms with Gasteiger partial charge in [-0.2, -0.15) is 0 Å². The maximum absolute atomic E-state index is 13.3. The molecule has 0 aliphatic heterocycles. The van der Waals surface area contributed by atoms with Gasteiger partial charge in [0.2, 0.25) is 0 Å². The third kappa shape index (κ3) is 4.72. The molecule has 0 fully saturated rings. The molecule has 0 saturated heterocycles. The number of rotatable bonds is 6. The molecule has 0 bridgehead atoms. The first-order chi connectivity index (χ1) is 8.95. The van der Waals surface area contributed by atoms with Gasteiger partial charge in [0.25, 0.3) is 5.91 Å². The number of carbonyl (C=O) groups excluding carboxylic acids is 1. The van der Waals surface area contributed by atoms with Gasteiger partial charge in [-0.05, 0) is 6.42 Å². The second-order valence-corrected chi connectivity index (χ2v) is 4.46. The molecule has 1 unspecified atom stereocenters. The van der Waals surface area contributed by atoms with E-state index in [-0.39, 0.29) is 11.9 Å². The van der Waals surface area contributed by atoms with E-state index in [0.717, 1.165) is 0 Å². The smallest absolute Gasteiger partial charge is 0.257 e. The van der Waals surface area contributed by atoms with Gasteiger partial charge in [-0.3, -0.25) is 4.79 Å². The number of amides is 1. The summed E-state index contributed by atoms with van der Waals surface area (Å²) in [7, 11) is 1.48. The fourth-order valence-electron chi connectivity index (χ4n) is 1.45. The summed E-state index contributed by atoms with van der Waals surface area (Å²) >= 11 is 5.82. The minimum absolute atomic E-state index is 0.132. The van der Waals surface area contributed by atoms with Crippen LogP contribution < -0.4 is 5.32 Å². The van der Waals surface area contributed by atoms with Crippen molar-refractivity contribution in [1.82, 2.24) is 5.32 Å². The summed E-state index contributed by atoms with van der Waals surface area (Å²) in [5, 5.41) is 2.00. The van der Waals surface area contributed by atoms with E-state index in [4.69, 9.17) is 16.3 Å². The van der Waals surface area contributed by atoms with Crippen LogP contribution in [0, 0.1) is 17.5 Å². The highest BCUT2D eigenvalue weighted by Gasteiger charge is 2.18. The molecule has 0 radical (unpaired) electrons. The summed E-state index contributed by atoms with van der Waals surface area (Å²) in [6.45, 7) is 0.434. The van der Waals surface area contributed by atoms with Crippen LogP contribution in [0.4, 0.5) is 13.2 Å². The van der Waals surface area contributed by atoms with Crippen LogP contribution in [-0.2, 0) is 4.74 Å². The van der Waals surface area contributed by atoms with Crippen LogP contribution in [0.25, 0.3) is 0 Å². The molecule has 1 aromatic rings. The SMILES string of the molecule is COCC(Cl)CCNC(=O)c1c(F)cc(F)cc1F. The number of ether oxygens (including phenoxy) is 1. The average molecular weight is 296 g/mol. The van der Waals surface area contributed by atoms with E-state index in [1.54, 1.807) is 0 Å². The van der Waals surface area contributed by atoms with Gasteiger partial charge in [-0.1, -0.05) is 0 Å². The minimum Gasteiger partial charge on any atom is -0.383 e. The molecule has 0 heterocycles. The number of halogens is 4. The Hall–Kier alpha value is -1.27. The lowest BCUT2D eigenvalue weighted by molar-refractivity contribution is 0.0943. The summed E-state index contributed by atoms with van der Waals surface area (Å²) in [4.78, 5) is 11.5. The molecule has 1 aromatic carbocycles. The van der Waals surface area contributed by atoms with Gasteiger partial charge < -0.3 is 10.1 Å². The quantitative estimate of drug-likeness (QED) is 0.819. The largest absolute Gasteiger partial charge is 0.383 e. The lowest BCUT2D eigenvalue weighted by atomic mass is 10.1. The summed E-state index contributed by atoms with van der Waals surface area (Å²) in [5.41, 5.74) is -0.806. The highest BCUT2D eigenvalue weighted by Crippen LogP contribution is 2.14. The molecule has 1 N–H and O–H groups in total. The van der Waals surface area contributed by atoms with Gasteiger partial charge in [0.05, 0.1) is 12.0 Å². The second-order valence-electron chi connectivity index (χ2n) is 3.84. The van der Waals surface area contributed by atoms with Crippen LogP contribution in [0.1, 0.15) is 16.8 Å². The van der Waals surface area contributed by atoms with E-state index in [0.29, 0.717) is 25.2 Å². The molecule has 1 rings (SSSR count). The van der Waals surface area contributed by atoms with Crippen molar-refractivity contribution in [2.24, 2.45) is 0 Å². The van der Waals surface area contributed by atoms with Crippen molar-refractivity contribution in [1.29, 1.82) is 0 Å². The summed E-state index contributed by atoms with van der Waals surface area (Å²) in [6.07, 6.45) is 0.381. The molecule has 7 heteroatoms. The molecule has 3 nitrogen and oxygen atoms in total. The zero-order valence-corrected chi connectivity index (χ0v) is 10.9. The Labute approximate surface area is 113 Å². The number of hydrogen-bond acceptors (Lipinski definition) is 2. The average Bonchev–Trinajstić information content (AvgIpc) is 2.27. The van der Waals surface area contributed by atoms with E-state index in [1.165, 1.54) is 7.11 Å². The standard InChI is InChI=1S/C12H13ClF3NO2/c1-19-6-7(13)2-3-17-12(18)11-9(15)4-8(14)5-10(11)16/h4-5,7H,2-3,6H2,1H3,(H,17,18). The van der Waals surface area contributed by atoms with Gasteiger partial charge in [-0.25, -0.2) is 13.2 Å². The topological polar surface area (TPSA) is 38.3 Å². The van der Waals surface area contributed by atoms with Crippen molar-refractivity contribution in [3.63, 3.8) is 0 Å². The first kappa shape index (κ1) is 15.8. The van der Waals surface area contributed by atoms with Crippen molar-refractivity contribution in [2.75, 3.05) is 20.3 Å². The van der Waals surface area contributed by atoms with Gasteiger partial charge in [0.15, 0.2) is 0 Å². The van der Waals surface area contributed by atoms with Crippen LogP contribution in [0.3, 0.4) is 0 Å². The predicted octanol–water partition coefficient (Wildman–Crippen LogP) is 2.48. The molecule has 1 amide bonds. The van der Waals surface area contributed by atoms with Crippen LogP contribution in [0.15, 0.2) is 12.1 Å². The van der Waals surface area contributed by atoms with E-state index >= 15 is 0 Å². The molecular weight excluding hydrogens is 283 g/mol. The molecule has 19 heavy (non-hydrogen) atoms. The van der Waals surface area contributed by atoms with Crippen LogP contribution in [-0.4, -0.2) is 31.5 Å². The number of benzene rings is 1. The summed E-state index contributed by atoms with van der Waals surface area (Å²) in [6, 6.07) is 0.903. The molecule has 0 aliphatic carbocycles. The first-order valence-electron chi connectivity index (χ1n) is 5.51. The Bertz CT molecular complexity index is 434. The Balaban J connectivity index is 2.59. The third-order valence-electron chi connectivity index (χ3n) is 2.32. The first-order valence-corrected chi connectivity index (χ1v) is 5.95. The normalized spacial score (nSPS) is 12.3. The molecule has 0 saturated carbocycles. The molecule has 1 atom stereocenters. The Kier molecular flexibility index (Phi) is 6.11. The molecule has 0 aromatic heterocycles. The van der Waals surface area contributed by atoms with Crippen molar-refractivity contribution in [2.45, 2.75) is 11.8 Å². The monoisotopic (exact) mass is 295 g/mol. The Morgan fingerprint density at radius 2 is 1.95 bits per heavy atom. The van der Waals surface area contributed by atoms with E-state index < -0.39 is 28.9 Å².